The van der Waals surface area contributed by atoms with Crippen molar-refractivity contribution in [2.75, 3.05) is 11.9 Å². The van der Waals surface area contributed by atoms with Crippen molar-refractivity contribution >= 4 is 22.9 Å². The van der Waals surface area contributed by atoms with E-state index >= 15 is 0 Å². The van der Waals surface area contributed by atoms with E-state index in [-0.39, 0.29) is 0 Å². The van der Waals surface area contributed by atoms with Crippen molar-refractivity contribution in [3.05, 3.63) is 40.5 Å². The molecule has 0 fully saturated rings. The Morgan fingerprint density at radius 3 is 3.10 bits per heavy atom. The molecule has 3 heterocycles. The van der Waals surface area contributed by atoms with Crippen LogP contribution in [0.4, 0.5) is 5.82 Å². The zero-order valence-corrected chi connectivity index (χ0v) is 12.1. The van der Waals surface area contributed by atoms with Gasteiger partial charge in [0.1, 0.15) is 17.7 Å². The Morgan fingerprint density at radius 2 is 2.35 bits per heavy atom. The lowest BCUT2D eigenvalue weighted by Gasteiger charge is -2.23. The van der Waals surface area contributed by atoms with Gasteiger partial charge >= 0.3 is 0 Å². The van der Waals surface area contributed by atoms with E-state index in [4.69, 9.17) is 0 Å². The number of aliphatic hydroxyl groups is 1. The fourth-order valence-corrected chi connectivity index (χ4v) is 2.77. The van der Waals surface area contributed by atoms with E-state index in [9.17, 15) is 5.11 Å². The number of aromatic nitrogens is 4. The van der Waals surface area contributed by atoms with Crippen LogP contribution in [0, 0.1) is 6.92 Å². The van der Waals surface area contributed by atoms with Crippen molar-refractivity contribution in [2.24, 2.45) is 0 Å². The van der Waals surface area contributed by atoms with E-state index in [1.807, 2.05) is 29.8 Å². The molecule has 0 spiro atoms. The smallest absolute Gasteiger partial charge is 0.254 e. The average Bonchev–Trinajstić information content (AvgIpc) is 3.06. The Morgan fingerprint density at radius 1 is 1.50 bits per heavy atom. The van der Waals surface area contributed by atoms with E-state index < -0.39 is 5.60 Å². The number of aryl methyl sites for hydroxylation is 1. The first-order valence-electron chi connectivity index (χ1n) is 6.22. The lowest BCUT2D eigenvalue weighted by atomic mass is 9.99. The van der Waals surface area contributed by atoms with Gasteiger partial charge in [-0.15, -0.1) is 0 Å². The molecule has 104 valence electrons. The van der Waals surface area contributed by atoms with Crippen molar-refractivity contribution in [1.82, 2.24) is 19.6 Å². The summed E-state index contributed by atoms with van der Waals surface area (Å²) in [6, 6.07) is 3.81. The summed E-state index contributed by atoms with van der Waals surface area (Å²) in [7, 11) is 0. The Labute approximate surface area is 120 Å². The number of rotatable bonds is 4. The zero-order chi connectivity index (χ0) is 14.2. The first-order chi connectivity index (χ1) is 9.56. The summed E-state index contributed by atoms with van der Waals surface area (Å²) >= 11 is 1.57. The van der Waals surface area contributed by atoms with Crippen LogP contribution >= 0.6 is 11.3 Å². The predicted molar refractivity (Wildman–Crippen MR) is 77.9 cm³/mol. The van der Waals surface area contributed by atoms with Gasteiger partial charge in [0.05, 0.1) is 0 Å². The van der Waals surface area contributed by atoms with Crippen molar-refractivity contribution in [3.63, 3.8) is 0 Å². The topological polar surface area (TPSA) is 75.3 Å². The van der Waals surface area contributed by atoms with E-state index in [1.165, 1.54) is 6.33 Å². The van der Waals surface area contributed by atoms with Crippen LogP contribution in [0.2, 0.25) is 0 Å². The minimum atomic E-state index is -0.940. The molecule has 0 aliphatic carbocycles. The van der Waals surface area contributed by atoms with Gasteiger partial charge in [0, 0.05) is 18.3 Å². The molecule has 0 aliphatic heterocycles. The van der Waals surface area contributed by atoms with Crippen molar-refractivity contribution < 1.29 is 5.11 Å². The number of hydrogen-bond acceptors (Lipinski definition) is 6. The molecule has 3 rings (SSSR count). The molecule has 0 aromatic carbocycles. The highest BCUT2D eigenvalue weighted by Gasteiger charge is 2.23. The van der Waals surface area contributed by atoms with E-state index in [0.29, 0.717) is 12.3 Å². The second-order valence-corrected chi connectivity index (χ2v) is 5.67. The van der Waals surface area contributed by atoms with Crippen molar-refractivity contribution in [2.45, 2.75) is 19.4 Å². The molecule has 7 heteroatoms. The quantitative estimate of drug-likeness (QED) is 0.766. The third-order valence-corrected chi connectivity index (χ3v) is 3.82. The lowest BCUT2D eigenvalue weighted by Crippen LogP contribution is -2.30. The van der Waals surface area contributed by atoms with E-state index in [1.54, 1.807) is 22.8 Å². The molecule has 0 saturated heterocycles. The molecule has 2 N–H and O–H groups in total. The summed E-state index contributed by atoms with van der Waals surface area (Å²) in [6.45, 7) is 4.06. The second kappa shape index (κ2) is 4.84. The Balaban J connectivity index is 1.85. The molecule has 3 aromatic rings. The number of hydrogen-bond donors (Lipinski definition) is 2. The van der Waals surface area contributed by atoms with Crippen LogP contribution in [0.25, 0.3) is 5.78 Å². The van der Waals surface area contributed by atoms with E-state index in [2.05, 4.69) is 20.4 Å². The van der Waals surface area contributed by atoms with Gasteiger partial charge < -0.3 is 10.4 Å². The van der Waals surface area contributed by atoms with Gasteiger partial charge in [0.15, 0.2) is 0 Å². The second-order valence-electron chi connectivity index (χ2n) is 4.89. The number of nitrogens with one attached hydrogen (secondary N) is 1. The Hall–Kier alpha value is -1.99. The van der Waals surface area contributed by atoms with Crippen molar-refractivity contribution in [1.29, 1.82) is 0 Å². The van der Waals surface area contributed by atoms with Crippen LogP contribution in [0.3, 0.4) is 0 Å². The summed E-state index contributed by atoms with van der Waals surface area (Å²) in [5.41, 5.74) is 0.808. The third-order valence-electron chi connectivity index (χ3n) is 3.14. The fraction of sp³-hybridized carbons (Fsp3) is 0.308. The van der Waals surface area contributed by atoms with Gasteiger partial charge in [0.2, 0.25) is 0 Å². The average molecular weight is 289 g/mol. The molecule has 0 aliphatic rings. The van der Waals surface area contributed by atoms with Gasteiger partial charge in [-0.2, -0.15) is 25.9 Å². The fourth-order valence-electron chi connectivity index (χ4n) is 1.99. The van der Waals surface area contributed by atoms with Gasteiger partial charge in [-0.05, 0) is 36.2 Å². The molecule has 1 unspecified atom stereocenters. The number of anilines is 1. The minimum absolute atomic E-state index is 0.377. The SMILES string of the molecule is Cc1cc(NCC(C)(O)c2ccsc2)n2ncnc2n1. The molecule has 6 nitrogen and oxygen atoms in total. The molecular formula is C13H15N5OS. The monoisotopic (exact) mass is 289 g/mol. The maximum absolute atomic E-state index is 10.5. The third kappa shape index (κ3) is 2.37. The minimum Gasteiger partial charge on any atom is -0.384 e. The lowest BCUT2D eigenvalue weighted by molar-refractivity contribution is 0.0718. The highest BCUT2D eigenvalue weighted by atomic mass is 32.1. The van der Waals surface area contributed by atoms with Crippen LogP contribution < -0.4 is 5.32 Å². The maximum Gasteiger partial charge on any atom is 0.254 e. The first-order valence-corrected chi connectivity index (χ1v) is 7.17. The van der Waals surface area contributed by atoms with Crippen LogP contribution in [0.15, 0.2) is 29.2 Å². The molecule has 1 atom stereocenters. The van der Waals surface area contributed by atoms with Crippen molar-refractivity contribution in [3.8, 4) is 0 Å². The largest absolute Gasteiger partial charge is 0.384 e. The summed E-state index contributed by atoms with van der Waals surface area (Å²) in [4.78, 5) is 8.35. The standard InChI is InChI=1S/C13H15N5OS/c1-9-5-11(18-12(17-9)15-8-16-18)14-7-13(2,19)10-3-4-20-6-10/h3-6,8,14,19H,7H2,1-2H3. The van der Waals surface area contributed by atoms with E-state index in [0.717, 1.165) is 17.1 Å². The summed E-state index contributed by atoms with van der Waals surface area (Å²) in [5, 5.41) is 21.8. The van der Waals surface area contributed by atoms with Crippen LogP contribution in [0.1, 0.15) is 18.2 Å². The number of fused-ring (bicyclic) bond motifs is 1. The zero-order valence-electron chi connectivity index (χ0n) is 11.2. The summed E-state index contributed by atoms with van der Waals surface area (Å²) in [6.07, 6.45) is 1.46. The number of nitrogens with zero attached hydrogens (tertiary/aromatic N) is 4. The van der Waals surface area contributed by atoms with Crippen LogP contribution in [0.5, 0.6) is 0 Å². The molecule has 20 heavy (non-hydrogen) atoms. The van der Waals surface area contributed by atoms with Crippen LogP contribution in [-0.4, -0.2) is 31.2 Å². The number of thiophene rings is 1. The molecule has 3 aromatic heterocycles. The summed E-state index contributed by atoms with van der Waals surface area (Å²) < 4.78 is 1.62. The highest BCUT2D eigenvalue weighted by molar-refractivity contribution is 7.08. The van der Waals surface area contributed by atoms with Crippen LogP contribution in [-0.2, 0) is 5.60 Å². The first kappa shape index (κ1) is 13.0. The predicted octanol–water partition coefficient (Wildman–Crippen LogP) is 1.81. The normalized spacial score (nSPS) is 14.3. The molecule has 0 amide bonds. The maximum atomic E-state index is 10.5. The Bertz CT molecular complexity index is 720. The van der Waals surface area contributed by atoms with Gasteiger partial charge in [0.25, 0.3) is 5.78 Å². The molecular weight excluding hydrogens is 274 g/mol. The highest BCUT2D eigenvalue weighted by Crippen LogP contribution is 2.23. The van der Waals surface area contributed by atoms with Gasteiger partial charge in [-0.25, -0.2) is 4.98 Å². The van der Waals surface area contributed by atoms with Gasteiger partial charge in [-0.1, -0.05) is 0 Å². The van der Waals surface area contributed by atoms with Gasteiger partial charge in [-0.3, -0.25) is 0 Å². The molecule has 0 radical (unpaired) electrons. The summed E-state index contributed by atoms with van der Waals surface area (Å²) in [5.74, 6) is 1.31. The molecule has 0 bridgehead atoms. The molecule has 0 saturated carbocycles. The Kier molecular flexibility index (Phi) is 3.15.